The van der Waals surface area contributed by atoms with Crippen molar-refractivity contribution in [1.29, 1.82) is 0 Å². The Labute approximate surface area is 103 Å². The molecule has 0 N–H and O–H groups in total. The number of fused-ring (bicyclic) bond motifs is 3. The molecule has 2 heteroatoms. The topological polar surface area (TPSA) is 26.3 Å². The van der Waals surface area contributed by atoms with Crippen molar-refractivity contribution < 1.29 is 9.53 Å². The van der Waals surface area contributed by atoms with E-state index in [0.29, 0.717) is 17.8 Å². The maximum absolute atomic E-state index is 11.8. The smallest absolute Gasteiger partial charge is 0.309 e. The second kappa shape index (κ2) is 3.72. The Kier molecular flexibility index (Phi) is 2.42. The monoisotopic (exact) mass is 232 g/mol. The number of hydrogen-bond donors (Lipinski definition) is 0. The van der Waals surface area contributed by atoms with Gasteiger partial charge in [0.25, 0.3) is 0 Å². The Morgan fingerprint density at radius 1 is 1.18 bits per heavy atom. The van der Waals surface area contributed by atoms with E-state index in [1.54, 1.807) is 0 Å². The van der Waals surface area contributed by atoms with Crippen molar-refractivity contribution >= 4 is 5.97 Å². The lowest BCUT2D eigenvalue weighted by Crippen LogP contribution is -2.29. The molecule has 0 aromatic heterocycles. The molecule has 0 bridgehead atoms. The summed E-state index contributed by atoms with van der Waals surface area (Å²) in [6.07, 6.45) is 4.41. The van der Waals surface area contributed by atoms with Crippen molar-refractivity contribution in [2.45, 2.75) is 38.7 Å². The number of allylic oxidation sites excluding steroid dienone is 1. The number of hydrogen-bond acceptors (Lipinski definition) is 2. The lowest BCUT2D eigenvalue weighted by atomic mass is 9.80. The van der Waals surface area contributed by atoms with Crippen molar-refractivity contribution in [3.05, 3.63) is 24.3 Å². The number of ether oxygens (including phenoxy) is 1. The van der Waals surface area contributed by atoms with E-state index in [0.717, 1.165) is 25.7 Å². The molecule has 5 atom stereocenters. The Bertz CT molecular complexity index is 396. The molecule has 1 heterocycles. The summed E-state index contributed by atoms with van der Waals surface area (Å²) in [6, 6.07) is 0. The molecule has 1 aliphatic heterocycles. The van der Waals surface area contributed by atoms with Gasteiger partial charge in [-0.3, -0.25) is 4.79 Å². The first kappa shape index (κ1) is 11.1. The summed E-state index contributed by atoms with van der Waals surface area (Å²) >= 11 is 0. The lowest BCUT2D eigenvalue weighted by Gasteiger charge is -2.26. The molecule has 0 spiro atoms. The molecule has 3 fully saturated rings. The molecule has 0 amide bonds. The van der Waals surface area contributed by atoms with Crippen LogP contribution in [-0.4, -0.2) is 12.1 Å². The number of rotatable bonds is 0. The summed E-state index contributed by atoms with van der Waals surface area (Å²) < 4.78 is 5.65. The third kappa shape index (κ3) is 1.50. The average molecular weight is 232 g/mol. The molecule has 92 valence electrons. The van der Waals surface area contributed by atoms with Crippen LogP contribution in [0.25, 0.3) is 0 Å². The van der Waals surface area contributed by atoms with Gasteiger partial charge in [0.2, 0.25) is 0 Å². The molecule has 0 radical (unpaired) electrons. The summed E-state index contributed by atoms with van der Waals surface area (Å²) in [5.74, 6) is 1.29. The predicted octanol–water partition coefficient (Wildman–Crippen LogP) is 3.10. The fraction of sp³-hybridized carbons (Fsp3) is 0.667. The fourth-order valence-corrected chi connectivity index (χ4v) is 3.97. The Morgan fingerprint density at radius 2 is 1.88 bits per heavy atom. The van der Waals surface area contributed by atoms with Crippen LogP contribution >= 0.6 is 0 Å². The van der Waals surface area contributed by atoms with E-state index in [1.807, 2.05) is 6.92 Å². The van der Waals surface area contributed by atoms with Crippen molar-refractivity contribution in [2.24, 2.45) is 23.7 Å². The van der Waals surface area contributed by atoms with Crippen LogP contribution in [0, 0.1) is 23.7 Å². The Morgan fingerprint density at radius 3 is 2.65 bits per heavy atom. The van der Waals surface area contributed by atoms with E-state index in [1.165, 1.54) is 11.1 Å². The molecule has 3 rings (SSSR count). The quantitative estimate of drug-likeness (QED) is 0.474. The van der Waals surface area contributed by atoms with Crippen LogP contribution in [0.15, 0.2) is 24.3 Å². The third-order valence-electron chi connectivity index (χ3n) is 5.05. The Balaban J connectivity index is 1.97. The molecule has 1 saturated heterocycles. The molecular weight excluding hydrogens is 212 g/mol. The SMILES string of the molecule is C=C1CC[C@H]2C(=C)CC[C@H]3[C@@H](OC(=O)[C@@H]3C)[C@@H]12. The van der Waals surface area contributed by atoms with Gasteiger partial charge in [0.1, 0.15) is 6.10 Å². The highest BCUT2D eigenvalue weighted by Gasteiger charge is 2.51. The van der Waals surface area contributed by atoms with Gasteiger partial charge in [-0.2, -0.15) is 0 Å². The summed E-state index contributed by atoms with van der Waals surface area (Å²) in [7, 11) is 0. The second-order valence-electron chi connectivity index (χ2n) is 5.88. The van der Waals surface area contributed by atoms with Gasteiger partial charge in [0, 0.05) is 11.8 Å². The standard InChI is InChI=1S/C15H20O2/c1-8-4-7-12-10(3)15(16)17-14(12)13-9(2)5-6-11(8)13/h10-14H,1-2,4-7H2,3H3/t10-,11+,12-,13+,14-/m1/s1. The maximum Gasteiger partial charge on any atom is 0.309 e. The van der Waals surface area contributed by atoms with Gasteiger partial charge in [-0.05, 0) is 31.6 Å². The first-order valence-corrected chi connectivity index (χ1v) is 6.65. The average Bonchev–Trinajstić information content (AvgIpc) is 2.75. The van der Waals surface area contributed by atoms with Crippen LogP contribution in [-0.2, 0) is 9.53 Å². The van der Waals surface area contributed by atoms with E-state index in [4.69, 9.17) is 4.74 Å². The first-order valence-electron chi connectivity index (χ1n) is 6.65. The van der Waals surface area contributed by atoms with Crippen LogP contribution in [0.2, 0.25) is 0 Å². The zero-order valence-electron chi connectivity index (χ0n) is 10.4. The van der Waals surface area contributed by atoms with Crippen molar-refractivity contribution in [3.8, 4) is 0 Å². The minimum atomic E-state index is -0.00837. The minimum Gasteiger partial charge on any atom is -0.461 e. The highest BCUT2D eigenvalue weighted by atomic mass is 16.6. The third-order valence-corrected chi connectivity index (χ3v) is 5.05. The van der Waals surface area contributed by atoms with Crippen molar-refractivity contribution in [3.63, 3.8) is 0 Å². The summed E-state index contributed by atoms with van der Waals surface area (Å²) in [4.78, 5) is 11.8. The zero-order chi connectivity index (χ0) is 12.2. The number of carbonyl (C=O) groups excluding carboxylic acids is 1. The van der Waals surface area contributed by atoms with Crippen molar-refractivity contribution in [2.75, 3.05) is 0 Å². The van der Waals surface area contributed by atoms with E-state index in [2.05, 4.69) is 13.2 Å². The van der Waals surface area contributed by atoms with Crippen LogP contribution in [0.4, 0.5) is 0 Å². The Hall–Kier alpha value is -1.05. The largest absolute Gasteiger partial charge is 0.461 e. The lowest BCUT2D eigenvalue weighted by molar-refractivity contribution is -0.145. The second-order valence-corrected chi connectivity index (χ2v) is 5.88. The minimum absolute atomic E-state index is 0.00837. The van der Waals surface area contributed by atoms with Gasteiger partial charge in [-0.1, -0.05) is 31.2 Å². The molecule has 0 unspecified atom stereocenters. The zero-order valence-corrected chi connectivity index (χ0v) is 10.4. The molecule has 3 aliphatic rings. The summed E-state index contributed by atoms with van der Waals surface area (Å²) in [5.41, 5.74) is 2.63. The van der Waals surface area contributed by atoms with Gasteiger partial charge >= 0.3 is 5.97 Å². The number of esters is 1. The van der Waals surface area contributed by atoms with Crippen molar-refractivity contribution in [1.82, 2.24) is 0 Å². The van der Waals surface area contributed by atoms with Crippen LogP contribution in [0.5, 0.6) is 0 Å². The molecule has 2 nitrogen and oxygen atoms in total. The van der Waals surface area contributed by atoms with Crippen LogP contribution < -0.4 is 0 Å². The number of carbonyl (C=O) groups is 1. The summed E-state index contributed by atoms with van der Waals surface area (Å²) in [6.45, 7) is 10.4. The van der Waals surface area contributed by atoms with Gasteiger partial charge in [-0.15, -0.1) is 0 Å². The molecule has 2 aliphatic carbocycles. The van der Waals surface area contributed by atoms with E-state index in [-0.39, 0.29) is 18.0 Å². The van der Waals surface area contributed by atoms with Crippen LogP contribution in [0.1, 0.15) is 32.6 Å². The summed E-state index contributed by atoms with van der Waals surface area (Å²) in [5, 5.41) is 0. The van der Waals surface area contributed by atoms with Gasteiger partial charge < -0.3 is 4.74 Å². The highest BCUT2D eigenvalue weighted by molar-refractivity contribution is 5.75. The first-order chi connectivity index (χ1) is 8.09. The highest BCUT2D eigenvalue weighted by Crippen LogP contribution is 2.51. The fourth-order valence-electron chi connectivity index (χ4n) is 3.97. The predicted molar refractivity (Wildman–Crippen MR) is 66.3 cm³/mol. The maximum atomic E-state index is 11.8. The van der Waals surface area contributed by atoms with E-state index in [9.17, 15) is 4.79 Å². The van der Waals surface area contributed by atoms with Gasteiger partial charge in [-0.25, -0.2) is 0 Å². The van der Waals surface area contributed by atoms with Crippen LogP contribution in [0.3, 0.4) is 0 Å². The molecule has 17 heavy (non-hydrogen) atoms. The normalized spacial score (nSPS) is 45.2. The van der Waals surface area contributed by atoms with E-state index < -0.39 is 0 Å². The molecule has 0 aromatic carbocycles. The molecular formula is C15H20O2. The molecule has 2 saturated carbocycles. The van der Waals surface area contributed by atoms with Gasteiger partial charge in [0.15, 0.2) is 0 Å². The van der Waals surface area contributed by atoms with Gasteiger partial charge in [0.05, 0.1) is 5.92 Å². The molecule has 0 aromatic rings. The van der Waals surface area contributed by atoms with E-state index >= 15 is 0 Å².